The third-order valence-electron chi connectivity index (χ3n) is 7.07. The van der Waals surface area contributed by atoms with Crippen molar-refractivity contribution in [2.75, 3.05) is 13.2 Å². The van der Waals surface area contributed by atoms with Gasteiger partial charge in [0.1, 0.15) is 11.5 Å². The van der Waals surface area contributed by atoms with Gasteiger partial charge >= 0.3 is 0 Å². The molecular formula is C25H31ClFN3O2Si. The molecule has 1 atom stereocenters. The van der Waals surface area contributed by atoms with E-state index < -0.39 is 14.1 Å². The van der Waals surface area contributed by atoms with Crippen LogP contribution in [0.4, 0.5) is 4.39 Å². The second-order valence-corrected chi connectivity index (χ2v) is 15.5. The van der Waals surface area contributed by atoms with Crippen LogP contribution < -0.4 is 0 Å². The summed E-state index contributed by atoms with van der Waals surface area (Å²) in [7, 11) is -1.91. The number of carbonyl (C=O) groups is 1. The van der Waals surface area contributed by atoms with Crippen LogP contribution in [0, 0.1) is 5.82 Å². The molecule has 0 spiro atoms. The molecule has 1 aromatic carbocycles. The van der Waals surface area contributed by atoms with Crippen molar-refractivity contribution >= 4 is 36.9 Å². The molecule has 1 amide bonds. The topological polar surface area (TPSA) is 47.4 Å². The molecule has 0 saturated carbocycles. The molecule has 2 aromatic heterocycles. The molecule has 4 rings (SSSR count). The molecule has 0 bridgehead atoms. The number of carbonyl (C=O) groups excluding carboxylic acids is 1. The summed E-state index contributed by atoms with van der Waals surface area (Å²) in [6.07, 6.45) is 1.70. The zero-order valence-electron chi connectivity index (χ0n) is 20.1. The lowest BCUT2D eigenvalue weighted by Gasteiger charge is -2.39. The molecule has 0 saturated heterocycles. The maximum atomic E-state index is 14.3. The van der Waals surface area contributed by atoms with E-state index in [1.165, 1.54) is 12.1 Å². The number of fused-ring (bicyclic) bond motifs is 3. The molecule has 0 fully saturated rings. The fourth-order valence-corrected chi connectivity index (χ4v) is 5.30. The second kappa shape index (κ2) is 8.53. The highest BCUT2D eigenvalue weighted by Gasteiger charge is 2.39. The molecule has 0 unspecified atom stereocenters. The van der Waals surface area contributed by atoms with Crippen LogP contribution >= 0.6 is 11.6 Å². The Kier molecular flexibility index (Phi) is 6.18. The van der Waals surface area contributed by atoms with Gasteiger partial charge in [0.2, 0.25) is 0 Å². The standard InChI is InChI=1S/C25H31ClFN3O2Si/c1-16-15-30-20-8-7-11-28-22(20)21(17-9-10-18(26)19(27)14-17)23(30)24(31)29(16)12-13-32-33(5,6)25(2,3)4/h7-11,14,16H,12-13,15H2,1-6H3/t16-/m0/s1. The lowest BCUT2D eigenvalue weighted by atomic mass is 10.0. The zero-order valence-corrected chi connectivity index (χ0v) is 21.8. The number of hydrogen-bond acceptors (Lipinski definition) is 3. The van der Waals surface area contributed by atoms with Crippen LogP contribution in [-0.4, -0.2) is 47.9 Å². The van der Waals surface area contributed by atoms with Crippen LogP contribution in [0.25, 0.3) is 22.2 Å². The number of pyridine rings is 1. The number of benzene rings is 1. The maximum absolute atomic E-state index is 14.3. The van der Waals surface area contributed by atoms with Crippen LogP contribution in [0.2, 0.25) is 23.2 Å². The summed E-state index contributed by atoms with van der Waals surface area (Å²) in [6.45, 7) is 14.7. The van der Waals surface area contributed by atoms with E-state index in [4.69, 9.17) is 16.0 Å². The molecule has 33 heavy (non-hydrogen) atoms. The molecule has 0 radical (unpaired) electrons. The molecule has 1 aliphatic heterocycles. The van der Waals surface area contributed by atoms with Gasteiger partial charge in [0.15, 0.2) is 8.32 Å². The van der Waals surface area contributed by atoms with Crippen molar-refractivity contribution in [1.29, 1.82) is 0 Å². The van der Waals surface area contributed by atoms with Crippen molar-refractivity contribution in [3.05, 3.63) is 53.1 Å². The van der Waals surface area contributed by atoms with Gasteiger partial charge in [0.25, 0.3) is 5.91 Å². The SMILES string of the molecule is C[C@H]1Cn2c(c(-c3ccc(Cl)c(F)c3)c3ncccc32)C(=O)N1CCO[Si](C)(C)C(C)(C)C. The van der Waals surface area contributed by atoms with E-state index in [9.17, 15) is 9.18 Å². The van der Waals surface area contributed by atoms with E-state index in [1.54, 1.807) is 12.3 Å². The average molecular weight is 488 g/mol. The zero-order chi connectivity index (χ0) is 24.1. The number of amides is 1. The number of aromatic nitrogens is 2. The highest BCUT2D eigenvalue weighted by Crippen LogP contribution is 2.39. The molecule has 0 aliphatic carbocycles. The summed E-state index contributed by atoms with van der Waals surface area (Å²) in [6, 6.07) is 8.45. The van der Waals surface area contributed by atoms with Gasteiger partial charge in [0, 0.05) is 30.9 Å². The lowest BCUT2D eigenvalue weighted by Crippen LogP contribution is -2.49. The van der Waals surface area contributed by atoms with Crippen LogP contribution in [0.1, 0.15) is 38.2 Å². The Balaban J connectivity index is 1.73. The Morgan fingerprint density at radius 3 is 2.67 bits per heavy atom. The van der Waals surface area contributed by atoms with E-state index in [2.05, 4.69) is 45.8 Å². The van der Waals surface area contributed by atoms with Crippen LogP contribution in [0.5, 0.6) is 0 Å². The molecule has 3 aromatic rings. The first-order chi connectivity index (χ1) is 15.4. The molecule has 1 aliphatic rings. The van der Waals surface area contributed by atoms with E-state index in [-0.39, 0.29) is 22.0 Å². The van der Waals surface area contributed by atoms with Gasteiger partial charge < -0.3 is 13.9 Å². The summed E-state index contributed by atoms with van der Waals surface area (Å²) in [5, 5.41) is 0.155. The number of hydrogen-bond donors (Lipinski definition) is 0. The fraction of sp³-hybridized carbons (Fsp3) is 0.440. The number of rotatable bonds is 5. The van der Waals surface area contributed by atoms with E-state index in [0.29, 0.717) is 42.0 Å². The monoisotopic (exact) mass is 487 g/mol. The molecule has 3 heterocycles. The summed E-state index contributed by atoms with van der Waals surface area (Å²) in [5.74, 6) is -0.606. The van der Waals surface area contributed by atoms with Crippen molar-refractivity contribution in [2.24, 2.45) is 0 Å². The first kappa shape index (κ1) is 23.9. The minimum absolute atomic E-state index is 0.00127. The highest BCUT2D eigenvalue weighted by molar-refractivity contribution is 6.74. The third kappa shape index (κ3) is 4.22. The lowest BCUT2D eigenvalue weighted by molar-refractivity contribution is 0.0578. The van der Waals surface area contributed by atoms with Gasteiger partial charge in [-0.2, -0.15) is 0 Å². The molecular weight excluding hydrogens is 457 g/mol. The predicted molar refractivity (Wildman–Crippen MR) is 134 cm³/mol. The Morgan fingerprint density at radius 1 is 1.27 bits per heavy atom. The normalized spacial score (nSPS) is 17.0. The van der Waals surface area contributed by atoms with Gasteiger partial charge in [-0.05, 0) is 54.9 Å². The van der Waals surface area contributed by atoms with E-state index in [1.807, 2.05) is 21.6 Å². The van der Waals surface area contributed by atoms with Crippen molar-refractivity contribution < 1.29 is 13.6 Å². The van der Waals surface area contributed by atoms with E-state index >= 15 is 0 Å². The highest BCUT2D eigenvalue weighted by atomic mass is 35.5. The van der Waals surface area contributed by atoms with Crippen LogP contribution in [0.15, 0.2) is 36.5 Å². The smallest absolute Gasteiger partial charge is 0.271 e. The Morgan fingerprint density at radius 2 is 2.00 bits per heavy atom. The van der Waals surface area contributed by atoms with Gasteiger partial charge in [-0.1, -0.05) is 38.4 Å². The summed E-state index contributed by atoms with van der Waals surface area (Å²) in [4.78, 5) is 20.2. The van der Waals surface area contributed by atoms with Gasteiger partial charge in [0.05, 0.1) is 22.7 Å². The fourth-order valence-electron chi connectivity index (χ4n) is 4.15. The first-order valence-corrected chi connectivity index (χ1v) is 14.6. The average Bonchev–Trinajstić information content (AvgIpc) is 3.06. The van der Waals surface area contributed by atoms with E-state index in [0.717, 1.165) is 5.52 Å². The second-order valence-electron chi connectivity index (χ2n) is 10.3. The molecule has 0 N–H and O–H groups in total. The maximum Gasteiger partial charge on any atom is 0.271 e. The number of halogens is 2. The minimum Gasteiger partial charge on any atom is -0.415 e. The number of nitrogens with zero attached hydrogens (tertiary/aromatic N) is 3. The first-order valence-electron chi connectivity index (χ1n) is 11.3. The molecule has 5 nitrogen and oxygen atoms in total. The van der Waals surface area contributed by atoms with Gasteiger partial charge in [-0.15, -0.1) is 0 Å². The Hall–Kier alpha value is -2.22. The summed E-state index contributed by atoms with van der Waals surface area (Å²) in [5.41, 5.74) is 3.34. The van der Waals surface area contributed by atoms with Gasteiger partial charge in [-0.25, -0.2) is 4.39 Å². The summed E-state index contributed by atoms with van der Waals surface area (Å²) >= 11 is 5.92. The summed E-state index contributed by atoms with van der Waals surface area (Å²) < 4.78 is 22.7. The minimum atomic E-state index is -1.91. The van der Waals surface area contributed by atoms with Crippen molar-refractivity contribution in [2.45, 2.75) is 58.4 Å². The van der Waals surface area contributed by atoms with Crippen LogP contribution in [-0.2, 0) is 11.0 Å². The Bertz CT molecular complexity index is 1220. The largest absolute Gasteiger partial charge is 0.415 e. The quantitative estimate of drug-likeness (QED) is 0.393. The third-order valence-corrected chi connectivity index (χ3v) is 11.9. The van der Waals surface area contributed by atoms with Crippen molar-refractivity contribution in [1.82, 2.24) is 14.5 Å². The van der Waals surface area contributed by atoms with Crippen LogP contribution in [0.3, 0.4) is 0 Å². The van der Waals surface area contributed by atoms with Gasteiger partial charge in [-0.3, -0.25) is 9.78 Å². The Labute approximate surface area is 200 Å². The predicted octanol–water partition coefficient (Wildman–Crippen LogP) is 6.36. The molecule has 176 valence electrons. The molecule has 8 heteroatoms. The van der Waals surface area contributed by atoms with Crippen molar-refractivity contribution in [3.8, 4) is 11.1 Å². The van der Waals surface area contributed by atoms with Crippen molar-refractivity contribution in [3.63, 3.8) is 0 Å².